The zero-order valence-electron chi connectivity index (χ0n) is 21.6. The summed E-state index contributed by atoms with van der Waals surface area (Å²) in [7, 11) is 0. The number of halogens is 2. The zero-order valence-corrected chi connectivity index (χ0v) is 23.9. The van der Waals surface area contributed by atoms with Crippen LogP contribution in [0.4, 0.5) is 5.82 Å². The molecule has 204 valence electrons. The molecule has 1 aliphatic rings. The van der Waals surface area contributed by atoms with Gasteiger partial charge in [-0.05, 0) is 51.3 Å². The average Bonchev–Trinajstić information content (AvgIpc) is 3.48. The number of nitrogens with one attached hydrogen (secondary N) is 2. The van der Waals surface area contributed by atoms with Gasteiger partial charge in [0.1, 0.15) is 12.4 Å². The fourth-order valence-corrected chi connectivity index (χ4v) is 5.37. The van der Waals surface area contributed by atoms with E-state index in [1.54, 1.807) is 24.3 Å². The summed E-state index contributed by atoms with van der Waals surface area (Å²) in [5.41, 5.74) is 4.97. The van der Waals surface area contributed by atoms with Crippen molar-refractivity contribution in [3.05, 3.63) is 123 Å². The van der Waals surface area contributed by atoms with Crippen molar-refractivity contribution < 1.29 is 14.4 Å². The molecule has 0 saturated carbocycles. The van der Waals surface area contributed by atoms with E-state index in [-0.39, 0.29) is 13.1 Å². The van der Waals surface area contributed by atoms with E-state index in [0.29, 0.717) is 22.7 Å². The van der Waals surface area contributed by atoms with Crippen molar-refractivity contribution >= 4 is 56.7 Å². The molecule has 1 aliphatic heterocycles. The van der Waals surface area contributed by atoms with Crippen LogP contribution in [-0.2, 0) is 17.9 Å². The van der Waals surface area contributed by atoms with Gasteiger partial charge in [-0.3, -0.25) is 23.7 Å². The Morgan fingerprint density at radius 3 is 2.10 bits per heavy atom. The van der Waals surface area contributed by atoms with Crippen LogP contribution in [0.2, 0.25) is 5.02 Å². The number of amides is 3. The van der Waals surface area contributed by atoms with Crippen LogP contribution in [-0.4, -0.2) is 38.6 Å². The summed E-state index contributed by atoms with van der Waals surface area (Å²) in [5.74, 6) is -0.440. The summed E-state index contributed by atoms with van der Waals surface area (Å²) in [5, 5.41) is 6.92. The molecule has 3 heterocycles. The summed E-state index contributed by atoms with van der Waals surface area (Å²) >= 11 is 10.0. The number of anilines is 1. The lowest BCUT2D eigenvalue weighted by Gasteiger charge is -2.14. The van der Waals surface area contributed by atoms with Gasteiger partial charge < -0.3 is 10.6 Å². The fraction of sp³-hybridized carbons (Fsp3) is 0.0968. The molecular weight excluding hydrogens is 606 g/mol. The Morgan fingerprint density at radius 2 is 1.44 bits per heavy atom. The van der Waals surface area contributed by atoms with Gasteiger partial charge in [-0.1, -0.05) is 66.2 Å². The average molecular weight is 629 g/mol. The van der Waals surface area contributed by atoms with Gasteiger partial charge in [0, 0.05) is 35.9 Å². The summed E-state index contributed by atoms with van der Waals surface area (Å²) in [6.45, 7) is 0.517. The van der Waals surface area contributed by atoms with Crippen molar-refractivity contribution in [2.45, 2.75) is 13.1 Å². The molecule has 8 nitrogen and oxygen atoms in total. The number of nitrogens with zero attached hydrogens (tertiary/aromatic N) is 3. The topological polar surface area (TPSA) is 95.8 Å². The van der Waals surface area contributed by atoms with Crippen molar-refractivity contribution in [3.8, 4) is 11.3 Å². The Labute approximate surface area is 249 Å². The number of benzene rings is 3. The van der Waals surface area contributed by atoms with Gasteiger partial charge in [0.2, 0.25) is 5.91 Å². The first kappa shape index (κ1) is 26.7. The summed E-state index contributed by atoms with van der Waals surface area (Å²) in [6, 6.07) is 25.9. The monoisotopic (exact) mass is 627 g/mol. The van der Waals surface area contributed by atoms with Crippen molar-refractivity contribution in [2.75, 3.05) is 11.9 Å². The Kier molecular flexibility index (Phi) is 7.30. The van der Waals surface area contributed by atoms with Crippen LogP contribution in [0.3, 0.4) is 0 Å². The predicted octanol–water partition coefficient (Wildman–Crippen LogP) is 5.94. The molecule has 6 rings (SSSR count). The van der Waals surface area contributed by atoms with Gasteiger partial charge >= 0.3 is 0 Å². The second kappa shape index (κ2) is 11.2. The Hall–Kier alpha value is -4.47. The third-order valence-corrected chi connectivity index (χ3v) is 7.84. The number of imide groups is 1. The maximum atomic E-state index is 12.5. The highest BCUT2D eigenvalue weighted by atomic mass is 79.9. The van der Waals surface area contributed by atoms with Gasteiger partial charge in [-0.2, -0.15) is 0 Å². The van der Waals surface area contributed by atoms with Crippen molar-refractivity contribution in [1.29, 1.82) is 0 Å². The lowest BCUT2D eigenvalue weighted by atomic mass is 10.1. The Bertz CT molecular complexity index is 1780. The summed E-state index contributed by atoms with van der Waals surface area (Å²) in [6.07, 6.45) is 1.94. The minimum atomic E-state index is -0.449. The van der Waals surface area contributed by atoms with Gasteiger partial charge in [0.25, 0.3) is 11.8 Å². The first-order valence-corrected chi connectivity index (χ1v) is 14.0. The molecule has 0 atom stereocenters. The third kappa shape index (κ3) is 5.33. The number of hydrogen-bond acceptors (Lipinski definition) is 5. The smallest absolute Gasteiger partial charge is 0.262 e. The molecule has 0 fully saturated rings. The normalized spacial score (nSPS) is 12.6. The molecule has 3 amide bonds. The first-order valence-electron chi connectivity index (χ1n) is 12.8. The second-order valence-corrected chi connectivity index (χ2v) is 10.8. The molecule has 2 N–H and O–H groups in total. The molecule has 5 aromatic rings. The van der Waals surface area contributed by atoms with Crippen molar-refractivity contribution in [3.63, 3.8) is 0 Å². The van der Waals surface area contributed by atoms with E-state index >= 15 is 0 Å². The Balaban J connectivity index is 1.08. The molecule has 41 heavy (non-hydrogen) atoms. The molecule has 10 heteroatoms. The van der Waals surface area contributed by atoms with E-state index in [2.05, 4.69) is 26.6 Å². The van der Waals surface area contributed by atoms with E-state index in [9.17, 15) is 14.4 Å². The fourth-order valence-electron chi connectivity index (χ4n) is 4.74. The summed E-state index contributed by atoms with van der Waals surface area (Å²) in [4.78, 5) is 43.3. The number of hydrogen-bond donors (Lipinski definition) is 2. The highest BCUT2D eigenvalue weighted by molar-refractivity contribution is 9.10. The van der Waals surface area contributed by atoms with Crippen LogP contribution >= 0.6 is 27.5 Å². The second-order valence-electron chi connectivity index (χ2n) is 9.55. The zero-order chi connectivity index (χ0) is 28.5. The van der Waals surface area contributed by atoms with Crippen LogP contribution in [0.25, 0.3) is 16.9 Å². The van der Waals surface area contributed by atoms with E-state index in [0.717, 1.165) is 43.2 Å². The van der Waals surface area contributed by atoms with Gasteiger partial charge in [-0.15, -0.1) is 0 Å². The molecular formula is C31H23BrClN5O3. The molecule has 0 unspecified atom stereocenters. The number of rotatable bonds is 8. The van der Waals surface area contributed by atoms with Gasteiger partial charge in [0.05, 0.1) is 21.3 Å². The molecule has 2 aromatic heterocycles. The molecule has 0 spiro atoms. The van der Waals surface area contributed by atoms with E-state index in [4.69, 9.17) is 16.6 Å². The number of carbonyl (C=O) groups is 3. The minimum absolute atomic E-state index is 0.277. The molecule has 0 radical (unpaired) electrons. The first-order chi connectivity index (χ1) is 19.9. The third-order valence-electron chi connectivity index (χ3n) is 6.89. The number of carbonyl (C=O) groups excluding carboxylic acids is 3. The van der Waals surface area contributed by atoms with Gasteiger partial charge in [-0.25, -0.2) is 4.98 Å². The summed E-state index contributed by atoms with van der Waals surface area (Å²) < 4.78 is 2.85. The van der Waals surface area contributed by atoms with Crippen LogP contribution in [0.5, 0.6) is 0 Å². The Morgan fingerprint density at radius 1 is 0.829 bits per heavy atom. The number of fused-ring (bicyclic) bond motifs is 2. The lowest BCUT2D eigenvalue weighted by Crippen LogP contribution is -2.40. The van der Waals surface area contributed by atoms with Crippen LogP contribution in [0.15, 0.2) is 95.6 Å². The molecule has 0 saturated heterocycles. The molecule has 0 bridgehead atoms. The van der Waals surface area contributed by atoms with Crippen LogP contribution < -0.4 is 10.6 Å². The number of aromatic nitrogens is 2. The standard InChI is InChI=1S/C31H23BrClN5O3/c32-24-13-14-37-27(15-26(36-29(24)37)23-7-3-4-8-25(23)33)34-16-19-9-11-20(12-10-19)17-35-28(39)18-38-30(40)21-5-1-2-6-22(21)31(38)41/h1-15,34H,16-18H2,(H,35,39). The van der Waals surface area contributed by atoms with E-state index in [1.807, 2.05) is 71.3 Å². The maximum Gasteiger partial charge on any atom is 0.262 e. The molecule has 3 aromatic carbocycles. The SMILES string of the molecule is O=C(CN1C(=O)c2ccccc2C1=O)NCc1ccc(CNc2cc(-c3ccccc3Cl)nc3c(Br)ccn23)cc1. The minimum Gasteiger partial charge on any atom is -0.367 e. The van der Waals surface area contributed by atoms with E-state index < -0.39 is 17.7 Å². The molecule has 0 aliphatic carbocycles. The lowest BCUT2D eigenvalue weighted by molar-refractivity contribution is -0.121. The van der Waals surface area contributed by atoms with Gasteiger partial charge in [0.15, 0.2) is 5.65 Å². The highest BCUT2D eigenvalue weighted by Crippen LogP contribution is 2.31. The van der Waals surface area contributed by atoms with Crippen LogP contribution in [0.1, 0.15) is 31.8 Å². The van der Waals surface area contributed by atoms with Crippen molar-refractivity contribution in [2.24, 2.45) is 0 Å². The highest BCUT2D eigenvalue weighted by Gasteiger charge is 2.36. The predicted molar refractivity (Wildman–Crippen MR) is 161 cm³/mol. The van der Waals surface area contributed by atoms with Crippen LogP contribution in [0, 0.1) is 0 Å². The maximum absolute atomic E-state index is 12.5. The quantitative estimate of drug-likeness (QED) is 0.207. The van der Waals surface area contributed by atoms with E-state index in [1.165, 1.54) is 0 Å². The largest absolute Gasteiger partial charge is 0.367 e. The van der Waals surface area contributed by atoms with Crippen molar-refractivity contribution in [1.82, 2.24) is 19.6 Å².